The molecule has 116 valence electrons. The molecular weight excluding hydrogens is 290 g/mol. The number of H-pyrrole nitrogens is 2. The largest absolute Gasteiger partial charge is 0.346 e. The van der Waals surface area contributed by atoms with E-state index in [1.165, 1.54) is 11.1 Å². The number of hydrogen-bond acceptors (Lipinski definition) is 2. The lowest BCUT2D eigenvalue weighted by Crippen LogP contribution is -2.46. The number of hydrogen-bond donors (Lipinski definition) is 3. The first-order chi connectivity index (χ1) is 11.0. The fourth-order valence-electron chi connectivity index (χ4n) is 3.41. The van der Waals surface area contributed by atoms with Crippen molar-refractivity contribution in [2.45, 2.75) is 25.3 Å². The molecule has 1 heterocycles. The maximum absolute atomic E-state index is 12.6. The van der Waals surface area contributed by atoms with E-state index in [1.54, 1.807) is 18.2 Å². The van der Waals surface area contributed by atoms with Gasteiger partial charge in [-0.05, 0) is 49.1 Å². The van der Waals surface area contributed by atoms with Gasteiger partial charge in [0.25, 0.3) is 5.91 Å². The number of imidazole rings is 1. The van der Waals surface area contributed by atoms with Crippen molar-refractivity contribution in [3.05, 3.63) is 69.6 Å². The molecule has 0 radical (unpaired) electrons. The highest BCUT2D eigenvalue weighted by molar-refractivity contribution is 5.97. The number of nitrogens with one attached hydrogen (secondary N) is 3. The number of fused-ring (bicyclic) bond motifs is 2. The van der Waals surface area contributed by atoms with Crippen LogP contribution in [0.2, 0.25) is 0 Å². The van der Waals surface area contributed by atoms with Crippen LogP contribution in [-0.2, 0) is 12.8 Å². The second-order valence-electron chi connectivity index (χ2n) is 6.48. The smallest absolute Gasteiger partial charge is 0.323 e. The summed E-state index contributed by atoms with van der Waals surface area (Å²) in [4.78, 5) is 29.3. The van der Waals surface area contributed by atoms with E-state index in [0.717, 1.165) is 12.8 Å². The quantitative estimate of drug-likeness (QED) is 0.678. The van der Waals surface area contributed by atoms with Crippen LogP contribution in [0.1, 0.15) is 28.4 Å². The minimum Gasteiger partial charge on any atom is -0.346 e. The van der Waals surface area contributed by atoms with Crippen LogP contribution in [0, 0.1) is 0 Å². The molecule has 1 aliphatic rings. The van der Waals surface area contributed by atoms with E-state index in [4.69, 9.17) is 0 Å². The van der Waals surface area contributed by atoms with Crippen molar-refractivity contribution in [3.63, 3.8) is 0 Å². The third-order valence-electron chi connectivity index (χ3n) is 4.47. The number of rotatable bonds is 2. The molecule has 23 heavy (non-hydrogen) atoms. The summed E-state index contributed by atoms with van der Waals surface area (Å²) >= 11 is 0. The monoisotopic (exact) mass is 307 g/mol. The summed E-state index contributed by atoms with van der Waals surface area (Å²) in [5.41, 5.74) is 3.93. The Morgan fingerprint density at radius 1 is 1.04 bits per heavy atom. The number of benzene rings is 2. The molecule has 0 saturated carbocycles. The maximum atomic E-state index is 12.6. The molecule has 0 aliphatic heterocycles. The molecule has 0 atom stereocenters. The minimum absolute atomic E-state index is 0.121. The lowest BCUT2D eigenvalue weighted by Gasteiger charge is -2.25. The van der Waals surface area contributed by atoms with Crippen molar-refractivity contribution >= 4 is 16.9 Å². The van der Waals surface area contributed by atoms with Crippen molar-refractivity contribution in [2.75, 3.05) is 0 Å². The Balaban J connectivity index is 1.58. The van der Waals surface area contributed by atoms with E-state index in [1.807, 2.05) is 12.1 Å². The normalized spacial score (nSPS) is 15.5. The van der Waals surface area contributed by atoms with Crippen molar-refractivity contribution in [2.24, 2.45) is 0 Å². The van der Waals surface area contributed by atoms with Gasteiger partial charge >= 0.3 is 5.69 Å². The Morgan fingerprint density at radius 3 is 2.39 bits per heavy atom. The van der Waals surface area contributed by atoms with Crippen molar-refractivity contribution in [3.8, 4) is 0 Å². The molecule has 0 spiro atoms. The third kappa shape index (κ3) is 2.44. The molecule has 1 aliphatic carbocycles. The summed E-state index contributed by atoms with van der Waals surface area (Å²) < 4.78 is 0. The lowest BCUT2D eigenvalue weighted by molar-refractivity contribution is 0.0910. The van der Waals surface area contributed by atoms with E-state index in [-0.39, 0.29) is 17.1 Å². The van der Waals surface area contributed by atoms with E-state index >= 15 is 0 Å². The van der Waals surface area contributed by atoms with Gasteiger partial charge in [0.05, 0.1) is 11.0 Å². The Hall–Kier alpha value is -2.82. The Bertz CT molecular complexity index is 943. The van der Waals surface area contributed by atoms with Gasteiger partial charge in [0.1, 0.15) is 0 Å². The Labute approximate surface area is 132 Å². The molecule has 3 N–H and O–H groups in total. The number of carbonyl (C=O) groups excluding carboxylic acids is 1. The van der Waals surface area contributed by atoms with Crippen molar-refractivity contribution in [1.82, 2.24) is 15.3 Å². The van der Waals surface area contributed by atoms with Crippen LogP contribution in [0.4, 0.5) is 0 Å². The Morgan fingerprint density at radius 2 is 1.70 bits per heavy atom. The highest BCUT2D eigenvalue weighted by Crippen LogP contribution is 2.30. The summed E-state index contributed by atoms with van der Waals surface area (Å²) in [7, 11) is 0. The number of aromatic nitrogens is 2. The van der Waals surface area contributed by atoms with E-state index in [2.05, 4.69) is 34.3 Å². The summed E-state index contributed by atoms with van der Waals surface area (Å²) in [5, 5.41) is 3.15. The SMILES string of the molecule is CC1(NC(=O)c2ccc3[nH]c(=O)[nH]c3c2)Cc2ccccc2C1. The molecule has 0 bridgehead atoms. The summed E-state index contributed by atoms with van der Waals surface area (Å²) in [6.07, 6.45) is 1.66. The zero-order valence-electron chi connectivity index (χ0n) is 12.8. The van der Waals surface area contributed by atoms with Gasteiger partial charge in [-0.3, -0.25) is 4.79 Å². The molecular formula is C18H17N3O2. The Kier molecular flexibility index (Phi) is 2.91. The van der Waals surface area contributed by atoms with Crippen LogP contribution in [0.3, 0.4) is 0 Å². The zero-order valence-corrected chi connectivity index (χ0v) is 12.8. The standard InChI is InChI=1S/C18H17N3O2/c1-18(9-12-4-2-3-5-13(12)10-18)21-16(22)11-6-7-14-15(8-11)20-17(23)19-14/h2-8H,9-10H2,1H3,(H,21,22)(H2,19,20,23). The van der Waals surface area contributed by atoms with Crippen LogP contribution in [0.5, 0.6) is 0 Å². The van der Waals surface area contributed by atoms with Gasteiger partial charge in [0.2, 0.25) is 0 Å². The molecule has 2 aromatic carbocycles. The van der Waals surface area contributed by atoms with Gasteiger partial charge in [-0.2, -0.15) is 0 Å². The van der Waals surface area contributed by atoms with Gasteiger partial charge in [-0.1, -0.05) is 24.3 Å². The van der Waals surface area contributed by atoms with Crippen LogP contribution in [0.25, 0.3) is 11.0 Å². The summed E-state index contributed by atoms with van der Waals surface area (Å²) in [5.74, 6) is -0.121. The van der Waals surface area contributed by atoms with E-state index in [0.29, 0.717) is 16.6 Å². The van der Waals surface area contributed by atoms with E-state index in [9.17, 15) is 9.59 Å². The second kappa shape index (κ2) is 4.84. The first-order valence-electron chi connectivity index (χ1n) is 7.64. The van der Waals surface area contributed by atoms with Crippen LogP contribution in [0.15, 0.2) is 47.3 Å². The summed E-state index contributed by atoms with van der Waals surface area (Å²) in [6, 6.07) is 13.5. The molecule has 0 fully saturated rings. The third-order valence-corrected chi connectivity index (χ3v) is 4.47. The molecule has 5 nitrogen and oxygen atoms in total. The average molecular weight is 307 g/mol. The molecule has 1 amide bonds. The van der Waals surface area contributed by atoms with E-state index < -0.39 is 0 Å². The molecule has 3 aromatic rings. The van der Waals surface area contributed by atoms with Crippen LogP contribution in [-0.4, -0.2) is 21.4 Å². The minimum atomic E-state index is -0.277. The van der Waals surface area contributed by atoms with Crippen molar-refractivity contribution < 1.29 is 4.79 Å². The first kappa shape index (κ1) is 13.8. The van der Waals surface area contributed by atoms with Gasteiger partial charge < -0.3 is 15.3 Å². The molecule has 1 aromatic heterocycles. The molecule has 0 saturated heterocycles. The zero-order chi connectivity index (χ0) is 16.0. The topological polar surface area (TPSA) is 77.8 Å². The average Bonchev–Trinajstić information content (AvgIpc) is 3.03. The summed E-state index contributed by atoms with van der Waals surface area (Å²) in [6.45, 7) is 2.07. The van der Waals surface area contributed by atoms with Gasteiger partial charge in [0.15, 0.2) is 0 Å². The molecule has 0 unspecified atom stereocenters. The predicted octanol–water partition coefficient (Wildman–Crippen LogP) is 2.14. The highest BCUT2D eigenvalue weighted by Gasteiger charge is 2.34. The fraction of sp³-hybridized carbons (Fsp3) is 0.222. The maximum Gasteiger partial charge on any atom is 0.323 e. The molecule has 4 rings (SSSR count). The van der Waals surface area contributed by atoms with Gasteiger partial charge in [0, 0.05) is 11.1 Å². The predicted molar refractivity (Wildman–Crippen MR) is 88.6 cm³/mol. The van der Waals surface area contributed by atoms with Gasteiger partial charge in [-0.25, -0.2) is 4.79 Å². The fourth-order valence-corrected chi connectivity index (χ4v) is 3.41. The van der Waals surface area contributed by atoms with Crippen LogP contribution < -0.4 is 11.0 Å². The molecule has 5 heteroatoms. The first-order valence-corrected chi connectivity index (χ1v) is 7.64. The number of carbonyl (C=O) groups is 1. The van der Waals surface area contributed by atoms with Crippen molar-refractivity contribution in [1.29, 1.82) is 0 Å². The van der Waals surface area contributed by atoms with Gasteiger partial charge in [-0.15, -0.1) is 0 Å². The number of aromatic amines is 2. The highest BCUT2D eigenvalue weighted by atomic mass is 16.2. The second-order valence-corrected chi connectivity index (χ2v) is 6.48. The lowest BCUT2D eigenvalue weighted by atomic mass is 9.98. The van der Waals surface area contributed by atoms with Crippen LogP contribution >= 0.6 is 0 Å². The number of amides is 1.